The normalized spacial score (nSPS) is 17.4. The van der Waals surface area contributed by atoms with Gasteiger partial charge in [-0.05, 0) is 31.5 Å². The molecule has 130 valence electrons. The minimum absolute atomic E-state index is 0.0419. The molecule has 0 N–H and O–H groups in total. The Hall–Kier alpha value is -2.83. The monoisotopic (exact) mass is 343 g/mol. The number of rotatable bonds is 5. The molecule has 1 atom stereocenters. The molecule has 0 bridgehead atoms. The lowest BCUT2D eigenvalue weighted by Crippen LogP contribution is -2.33. The third kappa shape index (κ3) is 3.65. The molecule has 2 aromatic rings. The van der Waals surface area contributed by atoms with E-state index in [4.69, 9.17) is 4.74 Å². The second kappa shape index (κ2) is 6.96. The van der Waals surface area contributed by atoms with Gasteiger partial charge >= 0.3 is 0 Å². The molecule has 0 spiro atoms. The Morgan fingerprint density at radius 3 is 2.40 bits per heavy atom. The largest absolute Gasteiger partial charge is 0.486 e. The predicted molar refractivity (Wildman–Crippen MR) is 87.4 cm³/mol. The third-order valence-corrected chi connectivity index (χ3v) is 4.07. The van der Waals surface area contributed by atoms with Crippen LogP contribution in [-0.4, -0.2) is 39.1 Å². The van der Waals surface area contributed by atoms with Gasteiger partial charge in [-0.3, -0.25) is 9.59 Å². The maximum absolute atomic E-state index is 12.9. The van der Waals surface area contributed by atoms with Crippen molar-refractivity contribution in [3.8, 4) is 5.75 Å². The van der Waals surface area contributed by atoms with E-state index in [0.29, 0.717) is 18.1 Å². The quantitative estimate of drug-likeness (QED) is 0.778. The zero-order chi connectivity index (χ0) is 18.0. The number of likely N-dealkylation sites (tertiary alicyclic amines) is 1. The van der Waals surface area contributed by atoms with Crippen molar-refractivity contribution in [1.29, 1.82) is 0 Å². The van der Waals surface area contributed by atoms with Crippen LogP contribution < -0.4 is 4.74 Å². The molecule has 7 heteroatoms. The first-order valence-electron chi connectivity index (χ1n) is 7.99. The van der Waals surface area contributed by atoms with Crippen LogP contribution in [0.3, 0.4) is 0 Å². The van der Waals surface area contributed by atoms with Crippen molar-refractivity contribution in [2.75, 3.05) is 6.54 Å². The van der Waals surface area contributed by atoms with Gasteiger partial charge < -0.3 is 9.64 Å². The highest BCUT2D eigenvalue weighted by molar-refractivity contribution is 6.40. The molecule has 1 unspecified atom stereocenters. The van der Waals surface area contributed by atoms with Crippen LogP contribution in [-0.2, 0) is 16.2 Å². The van der Waals surface area contributed by atoms with Gasteiger partial charge in [0.05, 0.1) is 12.4 Å². The number of benzene rings is 1. The second-order valence-electron chi connectivity index (χ2n) is 6.16. The summed E-state index contributed by atoms with van der Waals surface area (Å²) in [7, 11) is 0. The highest BCUT2D eigenvalue weighted by Gasteiger charge is 2.42. The van der Waals surface area contributed by atoms with E-state index in [9.17, 15) is 14.0 Å². The van der Waals surface area contributed by atoms with Crippen molar-refractivity contribution in [1.82, 2.24) is 14.9 Å². The van der Waals surface area contributed by atoms with Crippen molar-refractivity contribution >= 4 is 11.7 Å². The van der Waals surface area contributed by atoms with Crippen molar-refractivity contribution in [3.05, 3.63) is 53.9 Å². The lowest BCUT2D eigenvalue weighted by atomic mass is 10.1. The predicted octanol–water partition coefficient (Wildman–Crippen LogP) is 2.10. The molecular formula is C18H18FN3O3. The Bertz CT molecular complexity index is 775. The van der Waals surface area contributed by atoms with Gasteiger partial charge in [-0.25, -0.2) is 14.4 Å². The van der Waals surface area contributed by atoms with Gasteiger partial charge in [-0.2, -0.15) is 0 Å². The van der Waals surface area contributed by atoms with E-state index in [2.05, 4.69) is 9.97 Å². The first kappa shape index (κ1) is 17.0. The molecule has 1 aliphatic heterocycles. The van der Waals surface area contributed by atoms with E-state index in [-0.39, 0.29) is 18.5 Å². The van der Waals surface area contributed by atoms with Crippen LogP contribution in [0.2, 0.25) is 0 Å². The molecular weight excluding hydrogens is 325 g/mol. The number of ketones is 1. The lowest BCUT2D eigenvalue weighted by Gasteiger charge is -2.19. The third-order valence-electron chi connectivity index (χ3n) is 4.07. The zero-order valence-corrected chi connectivity index (χ0v) is 14.0. The summed E-state index contributed by atoms with van der Waals surface area (Å²) in [6.07, 6.45) is 2.95. The molecule has 1 aromatic heterocycles. The molecule has 6 nitrogen and oxygen atoms in total. The molecule has 1 aliphatic rings. The number of halogens is 1. The summed E-state index contributed by atoms with van der Waals surface area (Å²) in [6, 6.07) is 5.95. The van der Waals surface area contributed by atoms with E-state index < -0.39 is 17.6 Å². The van der Waals surface area contributed by atoms with Crippen LogP contribution in [0.25, 0.3) is 0 Å². The number of hydrogen-bond acceptors (Lipinski definition) is 5. The first-order valence-corrected chi connectivity index (χ1v) is 7.99. The fraction of sp³-hybridized carbons (Fsp3) is 0.333. The fourth-order valence-corrected chi connectivity index (χ4v) is 2.63. The Morgan fingerprint density at radius 2 is 1.84 bits per heavy atom. The molecule has 0 saturated carbocycles. The first-order chi connectivity index (χ1) is 12.0. The van der Waals surface area contributed by atoms with Crippen LogP contribution in [0.5, 0.6) is 5.75 Å². The van der Waals surface area contributed by atoms with Gasteiger partial charge in [0.25, 0.3) is 5.91 Å². The maximum atomic E-state index is 12.9. The molecule has 0 radical (unpaired) electrons. The number of nitrogens with zero attached hydrogens (tertiary/aromatic N) is 3. The molecule has 25 heavy (non-hydrogen) atoms. The molecule has 2 heterocycles. The van der Waals surface area contributed by atoms with Crippen molar-refractivity contribution in [2.45, 2.75) is 32.4 Å². The standard InChI is InChI=1S/C18H18FN3O3/c1-11(2)22-9-15(16(23)18(22)24)17-20-7-14(8-21-17)25-10-12-3-5-13(19)6-4-12/h3-8,11,15H,9-10H2,1-2H3. The fourth-order valence-electron chi connectivity index (χ4n) is 2.63. The average molecular weight is 343 g/mol. The van der Waals surface area contributed by atoms with E-state index in [1.54, 1.807) is 12.1 Å². The zero-order valence-electron chi connectivity index (χ0n) is 14.0. The Balaban J connectivity index is 1.65. The van der Waals surface area contributed by atoms with Crippen molar-refractivity contribution in [2.24, 2.45) is 0 Å². The van der Waals surface area contributed by atoms with Crippen LogP contribution in [0.15, 0.2) is 36.7 Å². The SMILES string of the molecule is CC(C)N1CC(c2ncc(OCc3ccc(F)cc3)cn2)C(=O)C1=O. The minimum Gasteiger partial charge on any atom is -0.486 e. The van der Waals surface area contributed by atoms with Crippen LogP contribution >= 0.6 is 0 Å². The van der Waals surface area contributed by atoms with Crippen LogP contribution in [0.4, 0.5) is 4.39 Å². The summed E-state index contributed by atoms with van der Waals surface area (Å²) in [5.74, 6) is -1.15. The summed E-state index contributed by atoms with van der Waals surface area (Å²) in [4.78, 5) is 33.9. The van der Waals surface area contributed by atoms with Gasteiger partial charge in [-0.15, -0.1) is 0 Å². The van der Waals surface area contributed by atoms with E-state index in [1.165, 1.54) is 29.4 Å². The van der Waals surface area contributed by atoms with Crippen LogP contribution in [0, 0.1) is 5.82 Å². The smallest absolute Gasteiger partial charge is 0.291 e. The lowest BCUT2D eigenvalue weighted by molar-refractivity contribution is -0.141. The summed E-state index contributed by atoms with van der Waals surface area (Å²) < 4.78 is 18.4. The highest BCUT2D eigenvalue weighted by Crippen LogP contribution is 2.25. The summed E-state index contributed by atoms with van der Waals surface area (Å²) in [5, 5.41) is 0. The molecule has 1 fully saturated rings. The van der Waals surface area contributed by atoms with Gasteiger partial charge in [0.2, 0.25) is 5.78 Å². The number of ether oxygens (including phenoxy) is 1. The van der Waals surface area contributed by atoms with Gasteiger partial charge in [0.1, 0.15) is 24.2 Å². The molecule has 1 aromatic carbocycles. The maximum Gasteiger partial charge on any atom is 0.291 e. The molecule has 0 aliphatic carbocycles. The average Bonchev–Trinajstić information content (AvgIpc) is 2.91. The van der Waals surface area contributed by atoms with Crippen molar-refractivity contribution < 1.29 is 18.7 Å². The number of Topliss-reactive ketones (excluding diaryl/α,β-unsaturated/α-hetero) is 1. The van der Waals surface area contributed by atoms with E-state index >= 15 is 0 Å². The van der Waals surface area contributed by atoms with E-state index in [1.807, 2.05) is 13.8 Å². The van der Waals surface area contributed by atoms with Gasteiger partial charge in [0, 0.05) is 12.6 Å². The Labute approximate surface area is 144 Å². The van der Waals surface area contributed by atoms with Crippen molar-refractivity contribution in [3.63, 3.8) is 0 Å². The topological polar surface area (TPSA) is 72.4 Å². The number of hydrogen-bond donors (Lipinski definition) is 0. The highest BCUT2D eigenvalue weighted by atomic mass is 19.1. The van der Waals surface area contributed by atoms with Gasteiger partial charge in [0.15, 0.2) is 5.75 Å². The number of carbonyl (C=O) groups is 2. The Kier molecular flexibility index (Phi) is 4.74. The summed E-state index contributed by atoms with van der Waals surface area (Å²) in [5.41, 5.74) is 0.814. The molecule has 1 amide bonds. The van der Waals surface area contributed by atoms with Gasteiger partial charge in [-0.1, -0.05) is 12.1 Å². The number of carbonyl (C=O) groups excluding carboxylic acids is 2. The summed E-state index contributed by atoms with van der Waals surface area (Å²) >= 11 is 0. The Morgan fingerprint density at radius 1 is 1.20 bits per heavy atom. The second-order valence-corrected chi connectivity index (χ2v) is 6.16. The molecule has 3 rings (SSSR count). The molecule has 1 saturated heterocycles. The minimum atomic E-state index is -0.638. The number of aromatic nitrogens is 2. The van der Waals surface area contributed by atoms with E-state index in [0.717, 1.165) is 5.56 Å². The number of amides is 1. The summed E-state index contributed by atoms with van der Waals surface area (Å²) in [6.45, 7) is 4.28. The van der Waals surface area contributed by atoms with Crippen LogP contribution in [0.1, 0.15) is 31.2 Å².